The van der Waals surface area contributed by atoms with Crippen LogP contribution >= 0.6 is 0 Å². The molecule has 0 aliphatic carbocycles. The van der Waals surface area contributed by atoms with Crippen LogP contribution in [-0.2, 0) is 4.79 Å². The van der Waals surface area contributed by atoms with Crippen LogP contribution in [0.2, 0.25) is 0 Å². The van der Waals surface area contributed by atoms with Crippen molar-refractivity contribution in [2.24, 2.45) is 5.73 Å². The molecule has 112 valence electrons. The molecule has 0 bridgehead atoms. The van der Waals surface area contributed by atoms with Gasteiger partial charge in [-0.1, -0.05) is 17.7 Å². The summed E-state index contributed by atoms with van der Waals surface area (Å²) in [4.78, 5) is 13.6. The zero-order valence-corrected chi connectivity index (χ0v) is 13.0. The van der Waals surface area contributed by atoms with Gasteiger partial charge in [0.05, 0.1) is 13.0 Å². The first-order chi connectivity index (χ1) is 9.45. The van der Waals surface area contributed by atoms with E-state index in [4.69, 9.17) is 10.5 Å². The highest BCUT2D eigenvalue weighted by Gasteiger charge is 2.10. The van der Waals surface area contributed by atoms with Gasteiger partial charge in [0.15, 0.2) is 0 Å². The first kappa shape index (κ1) is 16.5. The Morgan fingerprint density at radius 1 is 1.25 bits per heavy atom. The third kappa shape index (κ3) is 4.85. The van der Waals surface area contributed by atoms with Crippen molar-refractivity contribution < 1.29 is 9.53 Å². The molecule has 2 N–H and O–H groups in total. The molecule has 0 heterocycles. The Morgan fingerprint density at radius 2 is 1.85 bits per heavy atom. The summed E-state index contributed by atoms with van der Waals surface area (Å²) in [6.45, 7) is 7.86. The number of hydrogen-bond donors (Lipinski definition) is 1. The molecule has 20 heavy (non-hydrogen) atoms. The number of aryl methyl sites for hydroxylation is 3. The maximum absolute atomic E-state index is 11.9. The van der Waals surface area contributed by atoms with E-state index >= 15 is 0 Å². The molecule has 0 saturated carbocycles. The van der Waals surface area contributed by atoms with E-state index in [0.717, 1.165) is 23.3 Å². The summed E-state index contributed by atoms with van der Waals surface area (Å²) in [5.41, 5.74) is 8.90. The zero-order chi connectivity index (χ0) is 15.1. The average molecular weight is 278 g/mol. The van der Waals surface area contributed by atoms with Crippen LogP contribution in [0.4, 0.5) is 0 Å². The monoisotopic (exact) mass is 278 g/mol. The number of carbonyl (C=O) groups is 1. The van der Waals surface area contributed by atoms with Crippen LogP contribution in [0.5, 0.6) is 5.75 Å². The van der Waals surface area contributed by atoms with Crippen molar-refractivity contribution in [2.45, 2.75) is 33.6 Å². The first-order valence-corrected chi connectivity index (χ1v) is 7.10. The number of amides is 1. The van der Waals surface area contributed by atoms with Crippen molar-refractivity contribution in [1.82, 2.24) is 4.90 Å². The maximum atomic E-state index is 11.9. The molecule has 0 saturated heterocycles. The van der Waals surface area contributed by atoms with Gasteiger partial charge in [0.25, 0.3) is 0 Å². The van der Waals surface area contributed by atoms with Crippen LogP contribution in [0, 0.1) is 20.8 Å². The number of nitrogens with two attached hydrogens (primary N) is 1. The second-order valence-corrected chi connectivity index (χ2v) is 5.28. The van der Waals surface area contributed by atoms with E-state index in [1.165, 1.54) is 5.56 Å². The lowest BCUT2D eigenvalue weighted by Crippen LogP contribution is -2.30. The molecule has 0 aromatic heterocycles. The smallest absolute Gasteiger partial charge is 0.225 e. The highest BCUT2D eigenvalue weighted by molar-refractivity contribution is 5.75. The van der Waals surface area contributed by atoms with Crippen LogP contribution in [-0.4, -0.2) is 37.6 Å². The molecule has 4 heteroatoms. The lowest BCUT2D eigenvalue weighted by atomic mass is 10.1. The number of hydrogen-bond acceptors (Lipinski definition) is 3. The average Bonchev–Trinajstić information content (AvgIpc) is 2.38. The van der Waals surface area contributed by atoms with Gasteiger partial charge in [0.2, 0.25) is 5.91 Å². The lowest BCUT2D eigenvalue weighted by molar-refractivity contribution is -0.130. The maximum Gasteiger partial charge on any atom is 0.225 e. The Labute approximate surface area is 121 Å². The number of rotatable bonds is 7. The Balaban J connectivity index is 2.47. The summed E-state index contributed by atoms with van der Waals surface area (Å²) in [5.74, 6) is 0.994. The molecule has 1 rings (SSSR count). The van der Waals surface area contributed by atoms with Crippen molar-refractivity contribution in [3.05, 3.63) is 28.8 Å². The second kappa shape index (κ2) is 7.90. The van der Waals surface area contributed by atoms with E-state index in [9.17, 15) is 4.79 Å². The van der Waals surface area contributed by atoms with Gasteiger partial charge in [-0.2, -0.15) is 0 Å². The van der Waals surface area contributed by atoms with Crippen LogP contribution in [0.1, 0.15) is 29.5 Å². The lowest BCUT2D eigenvalue weighted by Gasteiger charge is -2.17. The zero-order valence-electron chi connectivity index (χ0n) is 13.0. The highest BCUT2D eigenvalue weighted by Crippen LogP contribution is 2.24. The predicted octanol–water partition coefficient (Wildman–Crippen LogP) is 2.19. The van der Waals surface area contributed by atoms with Crippen molar-refractivity contribution >= 4 is 5.91 Å². The largest absolute Gasteiger partial charge is 0.493 e. The van der Waals surface area contributed by atoms with Crippen molar-refractivity contribution in [2.75, 3.05) is 26.7 Å². The summed E-state index contributed by atoms with van der Waals surface area (Å²) < 4.78 is 5.78. The highest BCUT2D eigenvalue weighted by atomic mass is 16.5. The topological polar surface area (TPSA) is 55.6 Å². The van der Waals surface area contributed by atoms with Gasteiger partial charge in [-0.05, 0) is 44.9 Å². The number of ether oxygens (including phenoxy) is 1. The number of carbonyl (C=O) groups excluding carboxylic acids is 1. The Morgan fingerprint density at radius 3 is 2.40 bits per heavy atom. The molecule has 1 aromatic rings. The third-order valence-corrected chi connectivity index (χ3v) is 3.29. The normalized spacial score (nSPS) is 10.4. The summed E-state index contributed by atoms with van der Waals surface area (Å²) in [5, 5.41) is 0. The number of benzene rings is 1. The van der Waals surface area contributed by atoms with Gasteiger partial charge < -0.3 is 15.4 Å². The van der Waals surface area contributed by atoms with Gasteiger partial charge >= 0.3 is 0 Å². The van der Waals surface area contributed by atoms with Crippen LogP contribution < -0.4 is 10.5 Å². The molecule has 0 spiro atoms. The first-order valence-electron chi connectivity index (χ1n) is 7.10. The molecular weight excluding hydrogens is 252 g/mol. The van der Waals surface area contributed by atoms with E-state index in [1.807, 2.05) is 13.8 Å². The van der Waals surface area contributed by atoms with E-state index in [0.29, 0.717) is 26.1 Å². The van der Waals surface area contributed by atoms with Gasteiger partial charge in [-0.15, -0.1) is 0 Å². The molecule has 0 aliphatic heterocycles. The molecule has 4 nitrogen and oxygen atoms in total. The summed E-state index contributed by atoms with van der Waals surface area (Å²) in [6, 6.07) is 4.19. The van der Waals surface area contributed by atoms with E-state index in [1.54, 1.807) is 11.9 Å². The predicted molar refractivity (Wildman–Crippen MR) is 82.1 cm³/mol. The molecule has 0 fully saturated rings. The molecule has 0 unspecified atom stereocenters. The summed E-state index contributed by atoms with van der Waals surface area (Å²) in [6.07, 6.45) is 1.23. The summed E-state index contributed by atoms with van der Waals surface area (Å²) >= 11 is 0. The minimum Gasteiger partial charge on any atom is -0.493 e. The van der Waals surface area contributed by atoms with E-state index in [-0.39, 0.29) is 5.91 Å². The number of nitrogens with zero attached hydrogens (tertiary/aromatic N) is 1. The van der Waals surface area contributed by atoms with Crippen molar-refractivity contribution in [3.8, 4) is 5.75 Å². The molecular formula is C16H26N2O2. The third-order valence-electron chi connectivity index (χ3n) is 3.29. The van der Waals surface area contributed by atoms with E-state index < -0.39 is 0 Å². The fourth-order valence-electron chi connectivity index (χ4n) is 2.28. The van der Waals surface area contributed by atoms with Crippen LogP contribution in [0.3, 0.4) is 0 Å². The SMILES string of the molecule is Cc1cc(C)c(OCCC(=O)N(C)CCCN)c(C)c1. The molecule has 1 amide bonds. The Kier molecular flexibility index (Phi) is 6.52. The van der Waals surface area contributed by atoms with Crippen LogP contribution in [0.15, 0.2) is 12.1 Å². The standard InChI is InChI=1S/C16H26N2O2/c1-12-10-13(2)16(14(3)11-12)20-9-6-15(19)18(4)8-5-7-17/h10-11H,5-9,17H2,1-4H3. The minimum absolute atomic E-state index is 0.0980. The second-order valence-electron chi connectivity index (χ2n) is 5.28. The van der Waals surface area contributed by atoms with Gasteiger partial charge in [-0.25, -0.2) is 0 Å². The Bertz CT molecular complexity index is 435. The molecule has 1 aromatic carbocycles. The quantitative estimate of drug-likeness (QED) is 0.832. The fourth-order valence-corrected chi connectivity index (χ4v) is 2.28. The van der Waals surface area contributed by atoms with Gasteiger partial charge in [0.1, 0.15) is 5.75 Å². The van der Waals surface area contributed by atoms with Gasteiger partial charge in [-0.3, -0.25) is 4.79 Å². The minimum atomic E-state index is 0.0980. The van der Waals surface area contributed by atoms with E-state index in [2.05, 4.69) is 19.1 Å². The molecule has 0 atom stereocenters. The van der Waals surface area contributed by atoms with Crippen molar-refractivity contribution in [1.29, 1.82) is 0 Å². The summed E-state index contributed by atoms with van der Waals surface area (Å²) in [7, 11) is 1.81. The molecule has 0 aliphatic rings. The van der Waals surface area contributed by atoms with Crippen molar-refractivity contribution in [3.63, 3.8) is 0 Å². The Hall–Kier alpha value is -1.55. The van der Waals surface area contributed by atoms with Crippen LogP contribution in [0.25, 0.3) is 0 Å². The van der Waals surface area contributed by atoms with Gasteiger partial charge in [0, 0.05) is 13.6 Å². The molecule has 0 radical (unpaired) electrons. The fraction of sp³-hybridized carbons (Fsp3) is 0.562.